The summed E-state index contributed by atoms with van der Waals surface area (Å²) in [5, 5.41) is 2.74. The van der Waals surface area contributed by atoms with Crippen molar-refractivity contribution in [1.29, 1.82) is 0 Å². The number of hydrogen-bond donors (Lipinski definition) is 1. The number of ether oxygens (including phenoxy) is 3. The zero-order valence-corrected chi connectivity index (χ0v) is 18.2. The second-order valence-corrected chi connectivity index (χ2v) is 9.47. The Morgan fingerprint density at radius 1 is 1.06 bits per heavy atom. The fourth-order valence-electron chi connectivity index (χ4n) is 3.74. The second-order valence-electron chi connectivity index (χ2n) is 7.53. The monoisotopic (exact) mass is 446 g/mol. The summed E-state index contributed by atoms with van der Waals surface area (Å²) in [6, 6.07) is 11.6. The molecule has 0 aromatic heterocycles. The molecule has 2 heterocycles. The first-order valence-electron chi connectivity index (χ1n) is 10.4. The van der Waals surface area contributed by atoms with Crippen molar-refractivity contribution in [2.45, 2.75) is 36.7 Å². The van der Waals surface area contributed by atoms with E-state index in [1.165, 1.54) is 23.5 Å². The van der Waals surface area contributed by atoms with Crippen LogP contribution in [0.15, 0.2) is 47.4 Å². The molecule has 1 atom stereocenters. The van der Waals surface area contributed by atoms with Gasteiger partial charge in [-0.2, -0.15) is 4.31 Å². The number of rotatable bonds is 5. The molecule has 4 rings (SSSR count). The SMILES string of the molecule is COc1ccc(S(=O)(=O)N2CCCCCC2)cc1NC(=O)C1COc2ccccc2O1. The summed E-state index contributed by atoms with van der Waals surface area (Å²) in [7, 11) is -2.20. The van der Waals surface area contributed by atoms with Gasteiger partial charge in [-0.05, 0) is 43.2 Å². The van der Waals surface area contributed by atoms with E-state index in [1.807, 2.05) is 6.07 Å². The van der Waals surface area contributed by atoms with Gasteiger partial charge in [0, 0.05) is 13.1 Å². The number of sulfonamides is 1. The van der Waals surface area contributed by atoms with Crippen molar-refractivity contribution in [3.05, 3.63) is 42.5 Å². The maximum atomic E-state index is 13.1. The number of hydrogen-bond acceptors (Lipinski definition) is 6. The number of carbonyl (C=O) groups is 1. The number of methoxy groups -OCH3 is 1. The molecule has 1 saturated heterocycles. The van der Waals surface area contributed by atoms with Crippen molar-refractivity contribution in [2.24, 2.45) is 0 Å². The van der Waals surface area contributed by atoms with Crippen molar-refractivity contribution < 1.29 is 27.4 Å². The zero-order valence-electron chi connectivity index (χ0n) is 17.4. The summed E-state index contributed by atoms with van der Waals surface area (Å²) in [6.07, 6.45) is 2.88. The Bertz CT molecular complexity index is 1050. The van der Waals surface area contributed by atoms with Crippen LogP contribution in [0.4, 0.5) is 5.69 Å². The van der Waals surface area contributed by atoms with E-state index in [1.54, 1.807) is 24.3 Å². The van der Waals surface area contributed by atoms with Crippen molar-refractivity contribution in [1.82, 2.24) is 4.31 Å². The number of nitrogens with zero attached hydrogens (tertiary/aromatic N) is 1. The Hall–Kier alpha value is -2.78. The molecule has 1 unspecified atom stereocenters. The maximum Gasteiger partial charge on any atom is 0.269 e. The Kier molecular flexibility index (Phi) is 6.33. The van der Waals surface area contributed by atoms with Gasteiger partial charge in [-0.15, -0.1) is 0 Å². The van der Waals surface area contributed by atoms with Gasteiger partial charge < -0.3 is 19.5 Å². The molecule has 2 aliphatic rings. The van der Waals surface area contributed by atoms with Crippen LogP contribution in [0, 0.1) is 0 Å². The molecule has 31 heavy (non-hydrogen) atoms. The molecule has 9 heteroatoms. The van der Waals surface area contributed by atoms with E-state index < -0.39 is 22.0 Å². The highest BCUT2D eigenvalue weighted by molar-refractivity contribution is 7.89. The smallest absolute Gasteiger partial charge is 0.269 e. The van der Waals surface area contributed by atoms with E-state index in [-0.39, 0.29) is 17.2 Å². The lowest BCUT2D eigenvalue weighted by molar-refractivity contribution is -0.125. The average molecular weight is 447 g/mol. The van der Waals surface area contributed by atoms with Crippen LogP contribution in [0.25, 0.3) is 0 Å². The van der Waals surface area contributed by atoms with Gasteiger partial charge >= 0.3 is 0 Å². The predicted octanol–water partition coefficient (Wildman–Crippen LogP) is 3.04. The standard InChI is InChI=1S/C22H26N2O6S/c1-28-18-11-10-16(31(26,27)24-12-6-2-3-7-13-24)14-17(18)23-22(25)21-15-29-19-8-4-5-9-20(19)30-21/h4-5,8-11,14,21H,2-3,6-7,12-13,15H2,1H3,(H,23,25). The van der Waals surface area contributed by atoms with E-state index in [2.05, 4.69) is 5.32 Å². The van der Waals surface area contributed by atoms with E-state index in [9.17, 15) is 13.2 Å². The van der Waals surface area contributed by atoms with Crippen LogP contribution in [0.5, 0.6) is 17.2 Å². The molecule has 166 valence electrons. The lowest BCUT2D eigenvalue weighted by Gasteiger charge is -2.26. The lowest BCUT2D eigenvalue weighted by Crippen LogP contribution is -2.40. The van der Waals surface area contributed by atoms with E-state index in [0.29, 0.717) is 30.3 Å². The van der Waals surface area contributed by atoms with E-state index in [4.69, 9.17) is 14.2 Å². The molecule has 1 fully saturated rings. The first-order valence-corrected chi connectivity index (χ1v) is 11.8. The van der Waals surface area contributed by atoms with Gasteiger partial charge in [0.2, 0.25) is 16.1 Å². The van der Waals surface area contributed by atoms with Crippen LogP contribution in [0.3, 0.4) is 0 Å². The van der Waals surface area contributed by atoms with E-state index in [0.717, 1.165) is 25.7 Å². The molecule has 0 bridgehead atoms. The molecular weight excluding hydrogens is 420 g/mol. The third kappa shape index (κ3) is 4.62. The van der Waals surface area contributed by atoms with Gasteiger partial charge in [0.05, 0.1) is 17.7 Å². The van der Waals surface area contributed by atoms with Crippen LogP contribution in [0.2, 0.25) is 0 Å². The maximum absolute atomic E-state index is 13.1. The topological polar surface area (TPSA) is 94.2 Å². The van der Waals surface area contributed by atoms with Gasteiger partial charge in [0.25, 0.3) is 5.91 Å². The highest BCUT2D eigenvalue weighted by Crippen LogP contribution is 2.33. The summed E-state index contributed by atoms with van der Waals surface area (Å²) < 4.78 is 44.5. The minimum absolute atomic E-state index is 0.0525. The normalized spacial score (nSPS) is 19.3. The number of fused-ring (bicyclic) bond motifs is 1. The van der Waals surface area contributed by atoms with Crippen molar-refractivity contribution in [3.8, 4) is 17.2 Å². The highest BCUT2D eigenvalue weighted by Gasteiger charge is 2.30. The fraction of sp³-hybridized carbons (Fsp3) is 0.409. The van der Waals surface area contributed by atoms with Crippen LogP contribution < -0.4 is 19.5 Å². The Morgan fingerprint density at radius 3 is 2.48 bits per heavy atom. The largest absolute Gasteiger partial charge is 0.495 e. The highest BCUT2D eigenvalue weighted by atomic mass is 32.2. The minimum Gasteiger partial charge on any atom is -0.495 e. The lowest BCUT2D eigenvalue weighted by atomic mass is 10.2. The minimum atomic E-state index is -3.66. The van der Waals surface area contributed by atoms with Crippen LogP contribution in [-0.2, 0) is 14.8 Å². The van der Waals surface area contributed by atoms with Gasteiger partial charge in [-0.25, -0.2) is 8.42 Å². The average Bonchev–Trinajstić information content (AvgIpc) is 3.09. The molecule has 0 saturated carbocycles. The van der Waals surface area contributed by atoms with Gasteiger partial charge in [-0.1, -0.05) is 25.0 Å². The summed E-state index contributed by atoms with van der Waals surface area (Å²) in [5.41, 5.74) is 0.269. The van der Waals surface area contributed by atoms with E-state index >= 15 is 0 Å². The number of nitrogens with one attached hydrogen (secondary N) is 1. The second kappa shape index (κ2) is 9.15. The molecule has 8 nitrogen and oxygen atoms in total. The zero-order chi connectivity index (χ0) is 21.8. The summed E-state index contributed by atoms with van der Waals surface area (Å²) >= 11 is 0. The third-order valence-corrected chi connectivity index (χ3v) is 7.33. The molecule has 0 aliphatic carbocycles. The number of carbonyl (C=O) groups excluding carboxylic acids is 1. The summed E-state index contributed by atoms with van der Waals surface area (Å²) in [4.78, 5) is 12.9. The van der Waals surface area contributed by atoms with Crippen LogP contribution in [-0.4, -0.2) is 51.5 Å². The van der Waals surface area contributed by atoms with Crippen molar-refractivity contribution >= 4 is 21.6 Å². The number of para-hydroxylation sites is 2. The quantitative estimate of drug-likeness (QED) is 0.759. The molecule has 1 amide bonds. The Morgan fingerprint density at radius 2 is 1.77 bits per heavy atom. The molecule has 1 N–H and O–H groups in total. The number of anilines is 1. The first kappa shape index (κ1) is 21.5. The molecule has 2 aromatic carbocycles. The Labute approximate surface area is 182 Å². The first-order chi connectivity index (χ1) is 15.0. The number of amides is 1. The third-order valence-electron chi connectivity index (χ3n) is 5.43. The van der Waals surface area contributed by atoms with Crippen molar-refractivity contribution in [2.75, 3.05) is 32.1 Å². The Balaban J connectivity index is 1.55. The summed E-state index contributed by atoms with van der Waals surface area (Å²) in [6.45, 7) is 1.06. The van der Waals surface area contributed by atoms with Gasteiger partial charge in [-0.3, -0.25) is 4.79 Å². The molecule has 2 aromatic rings. The molecule has 0 spiro atoms. The number of benzene rings is 2. The molecule has 0 radical (unpaired) electrons. The fourth-order valence-corrected chi connectivity index (χ4v) is 5.28. The predicted molar refractivity (Wildman–Crippen MR) is 115 cm³/mol. The van der Waals surface area contributed by atoms with Crippen LogP contribution >= 0.6 is 0 Å². The molecule has 2 aliphatic heterocycles. The van der Waals surface area contributed by atoms with Crippen molar-refractivity contribution in [3.63, 3.8) is 0 Å². The van der Waals surface area contributed by atoms with Gasteiger partial charge in [0.1, 0.15) is 12.4 Å². The molecular formula is C22H26N2O6S. The van der Waals surface area contributed by atoms with Crippen LogP contribution in [0.1, 0.15) is 25.7 Å². The summed E-state index contributed by atoms with van der Waals surface area (Å²) in [5.74, 6) is 0.977. The van der Waals surface area contributed by atoms with Gasteiger partial charge in [0.15, 0.2) is 11.5 Å².